The highest BCUT2D eigenvalue weighted by Crippen LogP contribution is 2.35. The minimum absolute atomic E-state index is 0.0319. The van der Waals surface area contributed by atoms with Crippen LogP contribution in [0.1, 0.15) is 17.7 Å². The number of aldehydes is 1. The molecule has 1 aliphatic heterocycles. The molecular formula is C20H18ClF4N3O2. The van der Waals surface area contributed by atoms with Crippen LogP contribution in [0.3, 0.4) is 0 Å². The summed E-state index contributed by atoms with van der Waals surface area (Å²) in [6.07, 6.45) is -3.78. The first-order chi connectivity index (χ1) is 14.0. The molecule has 0 saturated carbocycles. The van der Waals surface area contributed by atoms with Gasteiger partial charge in [0.25, 0.3) is 0 Å². The third-order valence-corrected chi connectivity index (χ3v) is 5.28. The summed E-state index contributed by atoms with van der Waals surface area (Å²) in [7, 11) is 1.45. The van der Waals surface area contributed by atoms with Crippen LogP contribution < -0.4 is 9.80 Å². The summed E-state index contributed by atoms with van der Waals surface area (Å²) in [5.74, 6) is -1.69. The largest absolute Gasteiger partial charge is 0.416 e. The number of rotatable bonds is 4. The van der Waals surface area contributed by atoms with Crippen LogP contribution in [0.15, 0.2) is 30.3 Å². The number of alkyl halides is 3. The van der Waals surface area contributed by atoms with E-state index in [1.165, 1.54) is 35.9 Å². The van der Waals surface area contributed by atoms with Crippen LogP contribution in [-0.4, -0.2) is 36.8 Å². The van der Waals surface area contributed by atoms with Crippen LogP contribution in [-0.2, 0) is 15.8 Å². The Balaban J connectivity index is 1.96. The van der Waals surface area contributed by atoms with Gasteiger partial charge in [0.2, 0.25) is 5.91 Å². The van der Waals surface area contributed by atoms with Gasteiger partial charge in [-0.25, -0.2) is 9.37 Å². The van der Waals surface area contributed by atoms with Gasteiger partial charge in [-0.05, 0) is 43.7 Å². The van der Waals surface area contributed by atoms with Crippen LogP contribution in [0.4, 0.5) is 29.1 Å². The molecule has 2 heterocycles. The third kappa shape index (κ3) is 4.40. The summed E-state index contributed by atoms with van der Waals surface area (Å²) in [5.41, 5.74) is -0.433. The van der Waals surface area contributed by atoms with Crippen molar-refractivity contribution in [2.24, 2.45) is 5.92 Å². The van der Waals surface area contributed by atoms with Crippen LogP contribution in [0.5, 0.6) is 0 Å². The Morgan fingerprint density at radius 2 is 2.00 bits per heavy atom. The number of aromatic nitrogens is 1. The number of amides is 1. The van der Waals surface area contributed by atoms with E-state index in [9.17, 15) is 27.2 Å². The molecule has 0 aliphatic carbocycles. The highest BCUT2D eigenvalue weighted by Gasteiger charge is 2.40. The van der Waals surface area contributed by atoms with E-state index >= 15 is 0 Å². The Bertz CT molecular complexity index is 983. The number of carbonyl (C=O) groups excluding carboxylic acids is 2. The maximum absolute atomic E-state index is 13.4. The van der Waals surface area contributed by atoms with Gasteiger partial charge in [-0.2, -0.15) is 13.2 Å². The molecule has 2 atom stereocenters. The van der Waals surface area contributed by atoms with Gasteiger partial charge < -0.3 is 14.6 Å². The summed E-state index contributed by atoms with van der Waals surface area (Å²) in [4.78, 5) is 31.3. The predicted octanol–water partition coefficient (Wildman–Crippen LogP) is 4.26. The average Bonchev–Trinajstić information content (AvgIpc) is 3.12. The Hall–Kier alpha value is -2.68. The highest BCUT2D eigenvalue weighted by atomic mass is 35.5. The quantitative estimate of drug-likeness (QED) is 0.523. The lowest BCUT2D eigenvalue weighted by atomic mass is 10.1. The Morgan fingerprint density at radius 3 is 2.60 bits per heavy atom. The van der Waals surface area contributed by atoms with Crippen LogP contribution in [0.25, 0.3) is 0 Å². The van der Waals surface area contributed by atoms with Gasteiger partial charge in [-0.1, -0.05) is 11.6 Å². The molecule has 0 radical (unpaired) electrons. The molecule has 0 bridgehead atoms. The second-order valence-corrected chi connectivity index (χ2v) is 7.56. The summed E-state index contributed by atoms with van der Waals surface area (Å²) < 4.78 is 53.1. The van der Waals surface area contributed by atoms with Gasteiger partial charge in [0.1, 0.15) is 24.0 Å². The lowest BCUT2D eigenvalue weighted by molar-refractivity contribution is -0.137. The van der Waals surface area contributed by atoms with Crippen molar-refractivity contribution < 1.29 is 27.2 Å². The normalized spacial score (nSPS) is 19.1. The maximum atomic E-state index is 13.4. The molecule has 3 rings (SSSR count). The fourth-order valence-corrected chi connectivity index (χ4v) is 3.64. The molecule has 2 aromatic rings. The smallest absolute Gasteiger partial charge is 0.344 e. The van der Waals surface area contributed by atoms with Crippen molar-refractivity contribution in [1.29, 1.82) is 0 Å². The molecule has 0 N–H and O–H groups in total. The summed E-state index contributed by atoms with van der Waals surface area (Å²) in [6.45, 7) is 1.49. The fraction of sp³-hybridized carbons (Fsp3) is 0.350. The highest BCUT2D eigenvalue weighted by molar-refractivity contribution is 6.31. The summed E-state index contributed by atoms with van der Waals surface area (Å²) in [5, 5.41) is -0.170. The topological polar surface area (TPSA) is 53.5 Å². The van der Waals surface area contributed by atoms with Crippen molar-refractivity contribution in [1.82, 2.24) is 4.98 Å². The monoisotopic (exact) mass is 443 g/mol. The molecule has 1 saturated heterocycles. The summed E-state index contributed by atoms with van der Waals surface area (Å²) in [6, 6.07) is 4.62. The van der Waals surface area contributed by atoms with Crippen LogP contribution in [0, 0.1) is 18.7 Å². The van der Waals surface area contributed by atoms with E-state index in [1.807, 2.05) is 0 Å². The summed E-state index contributed by atoms with van der Waals surface area (Å²) >= 11 is 5.78. The van der Waals surface area contributed by atoms with Gasteiger partial charge in [0, 0.05) is 30.9 Å². The number of hydrogen-bond donors (Lipinski definition) is 0. The lowest BCUT2D eigenvalue weighted by Gasteiger charge is -2.29. The molecule has 160 valence electrons. The minimum atomic E-state index is -4.58. The van der Waals surface area contributed by atoms with Crippen LogP contribution >= 0.6 is 11.6 Å². The van der Waals surface area contributed by atoms with Crippen molar-refractivity contribution in [3.8, 4) is 0 Å². The number of carbonyl (C=O) groups is 2. The maximum Gasteiger partial charge on any atom is 0.416 e. The standard InChI is InChI=1S/C20H18ClF4N3O2/c1-11-5-13(20(23,24)25)7-18(26-11)28-9-12(10-29)6-17(28)19(30)27(2)14-3-4-16(22)15(21)8-14/h3-5,7-8,10,12,17H,6,9H2,1-2H3/t12-,17-/m0/s1. The number of anilines is 2. The fourth-order valence-electron chi connectivity index (χ4n) is 3.46. The number of hydrogen-bond acceptors (Lipinski definition) is 4. The Labute approximate surface area is 175 Å². The predicted molar refractivity (Wildman–Crippen MR) is 104 cm³/mol. The first-order valence-corrected chi connectivity index (χ1v) is 9.39. The van der Waals surface area contributed by atoms with Gasteiger partial charge in [-0.15, -0.1) is 0 Å². The third-order valence-electron chi connectivity index (χ3n) is 4.99. The number of nitrogens with zero attached hydrogens (tertiary/aromatic N) is 3. The first kappa shape index (κ1) is 22.0. The first-order valence-electron chi connectivity index (χ1n) is 9.01. The SMILES string of the molecule is Cc1cc(C(F)(F)F)cc(N2C[C@@H](C=O)C[C@H]2C(=O)N(C)c2ccc(F)c(Cl)c2)n1. The molecule has 1 amide bonds. The molecular weight excluding hydrogens is 426 g/mol. The molecule has 1 aromatic carbocycles. The molecule has 30 heavy (non-hydrogen) atoms. The van der Waals surface area contributed by atoms with E-state index < -0.39 is 35.4 Å². The minimum Gasteiger partial charge on any atom is -0.344 e. The number of likely N-dealkylation sites (N-methyl/N-ethyl adjacent to an activating group) is 1. The molecule has 1 aromatic heterocycles. The van der Waals surface area contributed by atoms with Crippen molar-refractivity contribution in [3.05, 3.63) is 52.4 Å². The van der Waals surface area contributed by atoms with E-state index in [4.69, 9.17) is 11.6 Å². The van der Waals surface area contributed by atoms with E-state index in [-0.39, 0.29) is 29.5 Å². The lowest BCUT2D eigenvalue weighted by Crippen LogP contribution is -2.44. The zero-order valence-corrected chi connectivity index (χ0v) is 16.8. The molecule has 1 aliphatic rings. The van der Waals surface area contributed by atoms with Crippen molar-refractivity contribution >= 4 is 35.3 Å². The van der Waals surface area contributed by atoms with Crippen molar-refractivity contribution in [3.63, 3.8) is 0 Å². The number of halogens is 5. The average molecular weight is 444 g/mol. The molecule has 0 spiro atoms. The van der Waals surface area contributed by atoms with E-state index in [0.29, 0.717) is 12.0 Å². The van der Waals surface area contributed by atoms with Gasteiger partial charge in [0.05, 0.1) is 10.6 Å². The van der Waals surface area contributed by atoms with E-state index in [0.717, 1.165) is 18.2 Å². The zero-order chi connectivity index (χ0) is 22.2. The zero-order valence-electron chi connectivity index (χ0n) is 16.1. The van der Waals surface area contributed by atoms with Gasteiger partial charge in [0.15, 0.2) is 0 Å². The molecule has 5 nitrogen and oxygen atoms in total. The number of aryl methyl sites for hydroxylation is 1. The Morgan fingerprint density at radius 1 is 1.30 bits per heavy atom. The molecule has 1 fully saturated rings. The van der Waals surface area contributed by atoms with Crippen molar-refractivity contribution in [2.75, 3.05) is 23.4 Å². The van der Waals surface area contributed by atoms with Crippen LogP contribution in [0.2, 0.25) is 5.02 Å². The molecule has 10 heteroatoms. The second kappa shape index (κ2) is 8.22. The number of pyridine rings is 1. The molecule has 0 unspecified atom stereocenters. The number of benzene rings is 1. The van der Waals surface area contributed by atoms with Gasteiger partial charge in [-0.3, -0.25) is 4.79 Å². The second-order valence-electron chi connectivity index (χ2n) is 7.15. The van der Waals surface area contributed by atoms with Crippen molar-refractivity contribution in [2.45, 2.75) is 25.6 Å². The Kier molecular flexibility index (Phi) is 6.03. The van der Waals surface area contributed by atoms with E-state index in [1.54, 1.807) is 0 Å². The van der Waals surface area contributed by atoms with E-state index in [2.05, 4.69) is 4.98 Å². The van der Waals surface area contributed by atoms with Gasteiger partial charge >= 0.3 is 6.18 Å².